The molecule has 1 amide bonds. The number of amides is 1. The highest BCUT2D eigenvalue weighted by Crippen LogP contribution is 2.25. The molecule has 1 aliphatic rings. The highest BCUT2D eigenvalue weighted by Gasteiger charge is 2.34. The second kappa shape index (κ2) is 9.36. The first kappa shape index (κ1) is 23.0. The van der Waals surface area contributed by atoms with Crippen LogP contribution < -0.4 is 5.32 Å². The largest absolute Gasteiger partial charge is 0.460 e. The second-order valence-corrected chi connectivity index (χ2v) is 9.81. The normalized spacial score (nSPS) is 15.6. The number of furan rings is 1. The Labute approximate surface area is 191 Å². The van der Waals surface area contributed by atoms with Crippen molar-refractivity contribution in [3.05, 3.63) is 53.7 Å². The number of nitrogens with one attached hydrogen (secondary N) is 1. The van der Waals surface area contributed by atoms with E-state index in [9.17, 15) is 18.0 Å². The number of aryl methyl sites for hydroxylation is 1. The van der Waals surface area contributed by atoms with Crippen LogP contribution >= 0.6 is 0 Å². The number of ether oxygens (including phenoxy) is 1. The zero-order valence-corrected chi connectivity index (χ0v) is 19.3. The molecule has 0 saturated carbocycles. The maximum atomic E-state index is 12.8. The smallest absolute Gasteiger partial charge is 0.374 e. The zero-order chi connectivity index (χ0) is 23.6. The fourth-order valence-corrected chi connectivity index (χ4v) is 5.18. The molecule has 3 aromatic rings. The van der Waals surface area contributed by atoms with E-state index in [0.717, 1.165) is 16.9 Å². The maximum absolute atomic E-state index is 12.8. The summed E-state index contributed by atoms with van der Waals surface area (Å²) in [5.41, 5.74) is 2.68. The van der Waals surface area contributed by atoms with Crippen molar-refractivity contribution in [3.63, 3.8) is 0 Å². The number of carbonyl (C=O) groups excluding carboxylic acids is 2. The van der Waals surface area contributed by atoms with E-state index in [1.165, 1.54) is 16.4 Å². The second-order valence-electron chi connectivity index (χ2n) is 7.94. The summed E-state index contributed by atoms with van der Waals surface area (Å²) in [4.78, 5) is 28.9. The van der Waals surface area contributed by atoms with Gasteiger partial charge in [0, 0.05) is 31.4 Å². The molecule has 11 heteroatoms. The SMILES string of the molecule is CCOC(=O)c1ccc(S(=O)(=O)N2CCC(C(=O)NCc3cn4ccc(C)cc4n3)CC2)o1. The number of piperidine rings is 1. The molecule has 0 aromatic carbocycles. The minimum Gasteiger partial charge on any atom is -0.460 e. The number of rotatable bonds is 7. The van der Waals surface area contributed by atoms with E-state index in [1.54, 1.807) is 6.92 Å². The quantitative estimate of drug-likeness (QED) is 0.520. The molecule has 33 heavy (non-hydrogen) atoms. The van der Waals surface area contributed by atoms with Gasteiger partial charge >= 0.3 is 5.97 Å². The molecule has 3 aromatic heterocycles. The molecular formula is C22H26N4O6S. The molecule has 1 fully saturated rings. The van der Waals surface area contributed by atoms with Crippen LogP contribution in [0.2, 0.25) is 0 Å². The average Bonchev–Trinajstić information content (AvgIpc) is 3.45. The first-order chi connectivity index (χ1) is 15.8. The highest BCUT2D eigenvalue weighted by molar-refractivity contribution is 7.89. The van der Waals surface area contributed by atoms with Gasteiger partial charge in [0.15, 0.2) is 0 Å². The molecule has 10 nitrogen and oxygen atoms in total. The van der Waals surface area contributed by atoms with Gasteiger partial charge in [-0.05, 0) is 56.5 Å². The molecule has 0 spiro atoms. The molecule has 4 rings (SSSR count). The zero-order valence-electron chi connectivity index (χ0n) is 18.5. The fraction of sp³-hybridized carbons (Fsp3) is 0.409. The molecule has 4 heterocycles. The Kier molecular flexibility index (Phi) is 6.52. The summed E-state index contributed by atoms with van der Waals surface area (Å²) in [7, 11) is -3.90. The Morgan fingerprint density at radius 1 is 1.24 bits per heavy atom. The van der Waals surface area contributed by atoms with E-state index in [4.69, 9.17) is 9.15 Å². The van der Waals surface area contributed by atoms with Crippen LogP contribution in [0, 0.1) is 12.8 Å². The molecular weight excluding hydrogens is 448 g/mol. The first-order valence-electron chi connectivity index (χ1n) is 10.8. The third-order valence-corrected chi connectivity index (χ3v) is 7.36. The molecule has 0 atom stereocenters. The Bertz CT molecular complexity index is 1270. The molecule has 0 radical (unpaired) electrons. The van der Waals surface area contributed by atoms with Gasteiger partial charge in [-0.2, -0.15) is 4.31 Å². The van der Waals surface area contributed by atoms with Gasteiger partial charge in [-0.3, -0.25) is 4.79 Å². The molecule has 0 aliphatic carbocycles. The van der Waals surface area contributed by atoms with Crippen molar-refractivity contribution in [2.75, 3.05) is 19.7 Å². The number of nitrogens with zero attached hydrogens (tertiary/aromatic N) is 3. The number of pyridine rings is 1. The van der Waals surface area contributed by atoms with Crippen LogP contribution in [0.3, 0.4) is 0 Å². The highest BCUT2D eigenvalue weighted by atomic mass is 32.2. The lowest BCUT2D eigenvalue weighted by molar-refractivity contribution is -0.126. The lowest BCUT2D eigenvalue weighted by Crippen LogP contribution is -2.42. The van der Waals surface area contributed by atoms with Gasteiger partial charge in [0.2, 0.25) is 16.8 Å². The molecule has 1 N–H and O–H groups in total. The van der Waals surface area contributed by atoms with Gasteiger partial charge in [0.1, 0.15) is 5.65 Å². The summed E-state index contributed by atoms with van der Waals surface area (Å²) in [6, 6.07) is 6.48. The summed E-state index contributed by atoms with van der Waals surface area (Å²) < 4.78 is 38.9. The number of carbonyl (C=O) groups is 2. The standard InChI is InChI=1S/C22H26N4O6S/c1-3-31-22(28)18-4-5-20(32-18)33(29,30)26-10-7-16(8-11-26)21(27)23-13-17-14-25-9-6-15(2)12-19(25)24-17/h4-6,9,12,14,16H,3,7-8,10-11,13H2,1-2H3,(H,23,27). The predicted molar refractivity (Wildman–Crippen MR) is 118 cm³/mol. The van der Waals surface area contributed by atoms with Crippen molar-refractivity contribution in [1.82, 2.24) is 19.0 Å². The maximum Gasteiger partial charge on any atom is 0.374 e. The van der Waals surface area contributed by atoms with E-state index in [2.05, 4.69) is 10.3 Å². The Morgan fingerprint density at radius 3 is 2.73 bits per heavy atom. The molecule has 1 saturated heterocycles. The van der Waals surface area contributed by atoms with E-state index >= 15 is 0 Å². The minimum absolute atomic E-state index is 0.122. The van der Waals surface area contributed by atoms with Gasteiger partial charge in [-0.15, -0.1) is 0 Å². The molecule has 0 unspecified atom stereocenters. The lowest BCUT2D eigenvalue weighted by atomic mass is 9.97. The van der Waals surface area contributed by atoms with Gasteiger partial charge in [0.25, 0.3) is 10.0 Å². The summed E-state index contributed by atoms with van der Waals surface area (Å²) in [6.45, 7) is 4.48. The number of aromatic nitrogens is 2. The fourth-order valence-electron chi connectivity index (χ4n) is 3.80. The number of esters is 1. The third-order valence-electron chi connectivity index (χ3n) is 5.59. The van der Waals surface area contributed by atoms with Crippen LogP contribution in [0.5, 0.6) is 0 Å². The van der Waals surface area contributed by atoms with Crippen molar-refractivity contribution in [3.8, 4) is 0 Å². The summed E-state index contributed by atoms with van der Waals surface area (Å²) in [5.74, 6) is -1.29. The number of hydrogen-bond acceptors (Lipinski definition) is 7. The summed E-state index contributed by atoms with van der Waals surface area (Å²) in [6.07, 6.45) is 4.58. The van der Waals surface area contributed by atoms with Crippen LogP contribution in [0.15, 0.2) is 46.2 Å². The first-order valence-corrected chi connectivity index (χ1v) is 12.2. The Morgan fingerprint density at radius 2 is 2.00 bits per heavy atom. The average molecular weight is 475 g/mol. The number of sulfonamides is 1. The van der Waals surface area contributed by atoms with Crippen LogP contribution in [0.4, 0.5) is 0 Å². The van der Waals surface area contributed by atoms with E-state index in [-0.39, 0.29) is 42.4 Å². The predicted octanol–water partition coefficient (Wildman–Crippen LogP) is 2.13. The minimum atomic E-state index is -3.90. The topological polar surface area (TPSA) is 123 Å². The van der Waals surface area contributed by atoms with Gasteiger partial charge in [-0.1, -0.05) is 0 Å². The van der Waals surface area contributed by atoms with Crippen molar-refractivity contribution < 1.29 is 27.2 Å². The molecule has 0 bridgehead atoms. The van der Waals surface area contributed by atoms with Crippen LogP contribution in [0.1, 0.15) is 41.6 Å². The van der Waals surface area contributed by atoms with Crippen LogP contribution in [0.25, 0.3) is 5.65 Å². The monoisotopic (exact) mass is 474 g/mol. The van der Waals surface area contributed by atoms with Crippen molar-refractivity contribution >= 4 is 27.5 Å². The van der Waals surface area contributed by atoms with Crippen LogP contribution in [-0.2, 0) is 26.1 Å². The summed E-state index contributed by atoms with van der Waals surface area (Å²) >= 11 is 0. The number of hydrogen-bond donors (Lipinski definition) is 1. The van der Waals surface area contributed by atoms with E-state index < -0.39 is 16.0 Å². The van der Waals surface area contributed by atoms with E-state index in [1.807, 2.05) is 35.9 Å². The molecule has 176 valence electrons. The molecule has 1 aliphatic heterocycles. The van der Waals surface area contributed by atoms with Gasteiger partial charge in [-0.25, -0.2) is 18.2 Å². The number of fused-ring (bicyclic) bond motifs is 1. The lowest BCUT2D eigenvalue weighted by Gasteiger charge is -2.29. The Hall–Kier alpha value is -3.18. The number of imidazole rings is 1. The van der Waals surface area contributed by atoms with Gasteiger partial charge < -0.3 is 18.9 Å². The van der Waals surface area contributed by atoms with Crippen molar-refractivity contribution in [2.45, 2.75) is 38.3 Å². The Balaban J connectivity index is 1.32. The van der Waals surface area contributed by atoms with E-state index in [0.29, 0.717) is 19.4 Å². The van der Waals surface area contributed by atoms with Gasteiger partial charge in [0.05, 0.1) is 18.8 Å². The third kappa shape index (κ3) is 4.93. The summed E-state index contributed by atoms with van der Waals surface area (Å²) in [5, 5.41) is 2.59. The van der Waals surface area contributed by atoms with Crippen molar-refractivity contribution in [1.29, 1.82) is 0 Å². The van der Waals surface area contributed by atoms with Crippen LogP contribution in [-0.4, -0.2) is 53.7 Å². The van der Waals surface area contributed by atoms with Crippen molar-refractivity contribution in [2.24, 2.45) is 5.92 Å².